The van der Waals surface area contributed by atoms with Crippen LogP contribution in [-0.4, -0.2) is 37.0 Å². The molecule has 0 atom stereocenters. The largest absolute Gasteiger partial charge is 0.497 e. The van der Waals surface area contributed by atoms with Gasteiger partial charge in [0, 0.05) is 29.9 Å². The average molecular weight is 375 g/mol. The van der Waals surface area contributed by atoms with Crippen molar-refractivity contribution in [2.75, 3.05) is 25.3 Å². The van der Waals surface area contributed by atoms with Gasteiger partial charge in [-0.25, -0.2) is 4.79 Å². The Labute approximate surface area is 156 Å². The molecule has 0 saturated carbocycles. The Bertz CT molecular complexity index is 761. The van der Waals surface area contributed by atoms with E-state index in [0.29, 0.717) is 23.4 Å². The van der Waals surface area contributed by atoms with E-state index in [1.165, 1.54) is 19.2 Å². The smallest absolute Gasteiger partial charge is 0.335 e. The highest BCUT2D eigenvalue weighted by atomic mass is 32.2. The van der Waals surface area contributed by atoms with E-state index in [-0.39, 0.29) is 18.1 Å². The van der Waals surface area contributed by atoms with Gasteiger partial charge in [0.05, 0.1) is 19.3 Å². The molecule has 138 valence electrons. The lowest BCUT2D eigenvalue weighted by molar-refractivity contribution is -0.115. The van der Waals surface area contributed by atoms with Gasteiger partial charge in [0.25, 0.3) is 0 Å². The van der Waals surface area contributed by atoms with Crippen molar-refractivity contribution in [1.29, 1.82) is 0 Å². The van der Waals surface area contributed by atoms with Crippen LogP contribution in [0.15, 0.2) is 47.4 Å². The number of carbonyl (C=O) groups is 2. The molecule has 0 saturated heterocycles. The Kier molecular flexibility index (Phi) is 7.50. The van der Waals surface area contributed by atoms with Crippen molar-refractivity contribution in [3.63, 3.8) is 0 Å². The fraction of sp³-hybridized carbons (Fsp3) is 0.263. The highest BCUT2D eigenvalue weighted by Crippen LogP contribution is 2.22. The summed E-state index contributed by atoms with van der Waals surface area (Å²) in [6, 6.07) is 12.3. The molecule has 26 heavy (non-hydrogen) atoms. The summed E-state index contributed by atoms with van der Waals surface area (Å²) in [5.41, 5.74) is 1.26. The molecule has 0 bridgehead atoms. The number of ether oxygens (including phenoxy) is 2. The maximum Gasteiger partial charge on any atom is 0.335 e. The van der Waals surface area contributed by atoms with E-state index in [9.17, 15) is 14.7 Å². The van der Waals surface area contributed by atoms with E-state index >= 15 is 0 Å². The van der Waals surface area contributed by atoms with Crippen LogP contribution in [0.3, 0.4) is 0 Å². The van der Waals surface area contributed by atoms with Crippen LogP contribution < -0.4 is 10.1 Å². The number of anilines is 1. The fourth-order valence-electron chi connectivity index (χ4n) is 2.29. The lowest BCUT2D eigenvalue weighted by Crippen LogP contribution is -2.13. The molecular weight excluding hydrogens is 354 g/mol. The van der Waals surface area contributed by atoms with Crippen molar-refractivity contribution < 1.29 is 24.2 Å². The maximum atomic E-state index is 12.1. The fourth-order valence-corrected chi connectivity index (χ4v) is 3.15. The van der Waals surface area contributed by atoms with E-state index in [0.717, 1.165) is 10.6 Å². The molecular formula is C19H21NO5S. The van der Waals surface area contributed by atoms with Crippen molar-refractivity contribution in [3.8, 4) is 5.75 Å². The SMILES string of the molecule is COCc1cc(NC(=O)CCSc2ccc(OC)cc2)cc(C(=O)O)c1. The molecule has 0 radical (unpaired) electrons. The van der Waals surface area contributed by atoms with Gasteiger partial charge < -0.3 is 19.9 Å². The van der Waals surface area contributed by atoms with Gasteiger partial charge in [0.15, 0.2) is 0 Å². The average Bonchev–Trinajstić information content (AvgIpc) is 2.62. The summed E-state index contributed by atoms with van der Waals surface area (Å²) in [6.45, 7) is 0.275. The van der Waals surface area contributed by atoms with Gasteiger partial charge in [-0.05, 0) is 48.0 Å². The van der Waals surface area contributed by atoms with Crippen LogP contribution >= 0.6 is 11.8 Å². The standard InChI is InChI=1S/C19H21NO5S/c1-24-12-13-9-14(19(22)23)11-15(10-13)20-18(21)7-8-26-17-5-3-16(25-2)4-6-17/h3-6,9-11H,7-8,12H2,1-2H3,(H,20,21)(H,22,23). The van der Waals surface area contributed by atoms with Crippen molar-refractivity contribution in [2.24, 2.45) is 0 Å². The third-order valence-electron chi connectivity index (χ3n) is 3.49. The summed E-state index contributed by atoms with van der Waals surface area (Å²) in [5.74, 6) is 0.185. The Morgan fingerprint density at radius 1 is 1.12 bits per heavy atom. The summed E-state index contributed by atoms with van der Waals surface area (Å²) in [5, 5.41) is 11.9. The van der Waals surface area contributed by atoms with E-state index in [1.54, 1.807) is 24.9 Å². The monoisotopic (exact) mass is 375 g/mol. The Morgan fingerprint density at radius 3 is 2.46 bits per heavy atom. The number of carboxylic acid groups (broad SMARTS) is 1. The Hall–Kier alpha value is -2.51. The second-order valence-electron chi connectivity index (χ2n) is 5.48. The topological polar surface area (TPSA) is 84.9 Å². The number of thioether (sulfide) groups is 1. The first-order valence-electron chi connectivity index (χ1n) is 7.94. The summed E-state index contributed by atoms with van der Waals surface area (Å²) in [4.78, 5) is 24.4. The molecule has 1 amide bonds. The minimum absolute atomic E-state index is 0.113. The summed E-state index contributed by atoms with van der Waals surface area (Å²) >= 11 is 1.57. The first-order chi connectivity index (χ1) is 12.5. The molecule has 0 unspecified atom stereocenters. The number of hydrogen-bond acceptors (Lipinski definition) is 5. The summed E-state index contributed by atoms with van der Waals surface area (Å²) in [6.07, 6.45) is 0.313. The lowest BCUT2D eigenvalue weighted by Gasteiger charge is -2.09. The van der Waals surface area contributed by atoms with Crippen LogP contribution in [0, 0.1) is 0 Å². The first-order valence-corrected chi connectivity index (χ1v) is 8.93. The number of rotatable bonds is 9. The molecule has 7 heteroatoms. The van der Waals surface area contributed by atoms with Crippen molar-refractivity contribution in [1.82, 2.24) is 0 Å². The maximum absolute atomic E-state index is 12.1. The zero-order chi connectivity index (χ0) is 18.9. The Morgan fingerprint density at radius 2 is 1.85 bits per heavy atom. The molecule has 0 aromatic heterocycles. The van der Waals surface area contributed by atoms with E-state index in [2.05, 4.69) is 5.32 Å². The normalized spacial score (nSPS) is 10.4. The number of amides is 1. The zero-order valence-electron chi connectivity index (χ0n) is 14.7. The first kappa shape index (κ1) is 19.8. The van der Waals surface area contributed by atoms with Crippen LogP contribution in [0.4, 0.5) is 5.69 Å². The number of benzene rings is 2. The molecule has 0 spiro atoms. The summed E-state index contributed by atoms with van der Waals surface area (Å²) < 4.78 is 10.1. The minimum Gasteiger partial charge on any atom is -0.497 e. The molecule has 2 aromatic rings. The predicted octanol–water partition coefficient (Wildman–Crippen LogP) is 3.66. The number of carboxylic acids is 1. The van der Waals surface area contributed by atoms with Crippen molar-refractivity contribution in [3.05, 3.63) is 53.6 Å². The van der Waals surface area contributed by atoms with Gasteiger partial charge in [-0.15, -0.1) is 11.8 Å². The number of nitrogens with one attached hydrogen (secondary N) is 1. The van der Waals surface area contributed by atoms with Crippen LogP contribution in [0.1, 0.15) is 22.3 Å². The van der Waals surface area contributed by atoms with Gasteiger partial charge in [-0.2, -0.15) is 0 Å². The quantitative estimate of drug-likeness (QED) is 0.651. The Balaban J connectivity index is 1.90. The number of carbonyl (C=O) groups excluding carboxylic acids is 1. The molecule has 0 aliphatic carbocycles. The van der Waals surface area contributed by atoms with Crippen molar-refractivity contribution >= 4 is 29.3 Å². The summed E-state index contributed by atoms with van der Waals surface area (Å²) in [7, 11) is 3.14. The van der Waals surface area contributed by atoms with Gasteiger partial charge >= 0.3 is 5.97 Å². The van der Waals surface area contributed by atoms with Gasteiger partial charge in [-0.3, -0.25) is 4.79 Å². The highest BCUT2D eigenvalue weighted by molar-refractivity contribution is 7.99. The molecule has 2 rings (SSSR count). The zero-order valence-corrected chi connectivity index (χ0v) is 15.5. The third kappa shape index (κ3) is 6.09. The van der Waals surface area contributed by atoms with E-state index in [4.69, 9.17) is 9.47 Å². The van der Waals surface area contributed by atoms with Crippen LogP contribution in [0.5, 0.6) is 5.75 Å². The molecule has 0 heterocycles. The van der Waals surface area contributed by atoms with Gasteiger partial charge in [0.1, 0.15) is 5.75 Å². The number of hydrogen-bond donors (Lipinski definition) is 2. The van der Waals surface area contributed by atoms with Crippen LogP contribution in [0.25, 0.3) is 0 Å². The lowest BCUT2D eigenvalue weighted by atomic mass is 10.1. The molecule has 0 aliphatic rings. The van der Waals surface area contributed by atoms with Crippen LogP contribution in [0.2, 0.25) is 0 Å². The van der Waals surface area contributed by atoms with Gasteiger partial charge in [-0.1, -0.05) is 0 Å². The number of aromatic carboxylic acids is 1. The molecule has 6 nitrogen and oxygen atoms in total. The van der Waals surface area contributed by atoms with Gasteiger partial charge in [0.2, 0.25) is 5.91 Å². The molecule has 2 N–H and O–H groups in total. The number of methoxy groups -OCH3 is 2. The second kappa shape index (κ2) is 9.84. The minimum atomic E-state index is -1.05. The van der Waals surface area contributed by atoms with Crippen LogP contribution in [-0.2, 0) is 16.1 Å². The molecule has 0 fully saturated rings. The molecule has 2 aromatic carbocycles. The predicted molar refractivity (Wildman–Crippen MR) is 101 cm³/mol. The second-order valence-corrected chi connectivity index (χ2v) is 6.65. The van der Waals surface area contributed by atoms with E-state index in [1.807, 2.05) is 24.3 Å². The van der Waals surface area contributed by atoms with E-state index < -0.39 is 5.97 Å². The van der Waals surface area contributed by atoms with Crippen molar-refractivity contribution in [2.45, 2.75) is 17.9 Å². The third-order valence-corrected chi connectivity index (χ3v) is 4.51. The molecule has 0 aliphatic heterocycles. The highest BCUT2D eigenvalue weighted by Gasteiger charge is 2.10.